The van der Waals surface area contributed by atoms with E-state index >= 15 is 0 Å². The Kier molecular flexibility index (Phi) is 7.08. The van der Waals surface area contributed by atoms with Crippen LogP contribution in [-0.4, -0.2) is 56.6 Å². The summed E-state index contributed by atoms with van der Waals surface area (Å²) in [5.41, 5.74) is 5.20. The largest absolute Gasteiger partial charge is 0.382 e. The van der Waals surface area contributed by atoms with Gasteiger partial charge in [-0.15, -0.1) is 0 Å². The van der Waals surface area contributed by atoms with Crippen LogP contribution in [0.4, 0.5) is 28.8 Å². The summed E-state index contributed by atoms with van der Waals surface area (Å²) >= 11 is 6.46. The lowest BCUT2D eigenvalue weighted by molar-refractivity contribution is -0.134. The Bertz CT molecular complexity index is 1820. The van der Waals surface area contributed by atoms with Crippen LogP contribution in [-0.2, 0) is 27.9 Å². The maximum atomic E-state index is 12.5. The van der Waals surface area contributed by atoms with Crippen molar-refractivity contribution in [2.75, 3.05) is 33.9 Å². The molecule has 2 aromatic carbocycles. The number of amides is 3. The van der Waals surface area contributed by atoms with E-state index in [1.165, 1.54) is 0 Å². The summed E-state index contributed by atoms with van der Waals surface area (Å²) in [6.07, 6.45) is 3.64. The number of nitrogens with zero attached hydrogens (tertiary/aromatic N) is 5. The number of aromatic nitrogens is 4. The number of carbonyl (C=O) groups excluding carboxylic acids is 3. The van der Waals surface area contributed by atoms with Gasteiger partial charge in [0, 0.05) is 55.0 Å². The molecule has 44 heavy (non-hydrogen) atoms. The number of hydrogen-bond donors (Lipinski definition) is 4. The predicted molar refractivity (Wildman–Crippen MR) is 168 cm³/mol. The van der Waals surface area contributed by atoms with E-state index in [1.54, 1.807) is 10.9 Å². The molecule has 4 N–H and O–H groups in total. The second-order valence-corrected chi connectivity index (χ2v) is 12.2. The van der Waals surface area contributed by atoms with E-state index in [2.05, 4.69) is 49.2 Å². The number of imide groups is 1. The lowest BCUT2D eigenvalue weighted by Crippen LogP contribution is -2.46. The summed E-state index contributed by atoms with van der Waals surface area (Å²) in [6.45, 7) is 3.74. The number of hydrogen-bond acceptors (Lipinski definition) is 9. The average Bonchev–Trinajstić information content (AvgIpc) is 3.53. The Balaban J connectivity index is 1.02. The molecule has 3 aliphatic heterocycles. The third-order valence-corrected chi connectivity index (χ3v) is 8.99. The van der Waals surface area contributed by atoms with Crippen LogP contribution in [0.3, 0.4) is 0 Å². The van der Waals surface area contributed by atoms with Crippen molar-refractivity contribution in [2.24, 2.45) is 13.0 Å². The minimum atomic E-state index is -0.429. The van der Waals surface area contributed by atoms with Crippen LogP contribution in [0, 0.1) is 5.92 Å². The van der Waals surface area contributed by atoms with Crippen molar-refractivity contribution in [2.45, 2.75) is 44.6 Å². The van der Waals surface area contributed by atoms with Gasteiger partial charge in [0.05, 0.1) is 29.7 Å². The van der Waals surface area contributed by atoms with Gasteiger partial charge in [0.2, 0.25) is 23.7 Å². The third kappa shape index (κ3) is 5.30. The Morgan fingerprint density at radius 1 is 1.02 bits per heavy atom. The Labute approximate surface area is 258 Å². The Morgan fingerprint density at radius 2 is 1.86 bits per heavy atom. The molecule has 0 bridgehead atoms. The van der Waals surface area contributed by atoms with E-state index in [1.807, 2.05) is 37.4 Å². The lowest BCUT2D eigenvalue weighted by Gasteiger charge is -2.37. The third-order valence-electron chi connectivity index (χ3n) is 8.71. The standard InChI is InChI=1S/C31H32ClN9O3/c1-16-15-41(31-33-14-22(32)29(38-31)35-18-4-7-24-17(11-18)12-27(43)36-24)10-9-23(16)34-19-3-5-20-25(13-19)40(2)39-28(20)21-6-8-26(42)37-30(21)44/h3-5,7,11,13-14,16,21,23,34H,6,8-10,12,15H2,1-2H3,(H,36,43)(H,33,35,38)(H,37,42,44)/t16-,21?,23-/m1/s1. The highest BCUT2D eigenvalue weighted by molar-refractivity contribution is 6.32. The number of aryl methyl sites for hydroxylation is 1. The molecule has 0 spiro atoms. The quantitative estimate of drug-likeness (QED) is 0.236. The lowest BCUT2D eigenvalue weighted by atomic mass is 9.92. The highest BCUT2D eigenvalue weighted by Gasteiger charge is 2.32. The SMILES string of the molecule is C[C@@H]1CN(c2ncc(Cl)c(Nc3ccc4c(c3)CC(=O)N4)n2)CC[C@H]1Nc1ccc2c(C3CCC(=O)NC3=O)nn(C)c2c1. The van der Waals surface area contributed by atoms with Crippen molar-refractivity contribution in [3.05, 3.63) is 58.9 Å². The van der Waals surface area contributed by atoms with E-state index in [-0.39, 0.29) is 23.8 Å². The highest BCUT2D eigenvalue weighted by atomic mass is 35.5. The number of carbonyl (C=O) groups is 3. The van der Waals surface area contributed by atoms with Crippen LogP contribution < -0.4 is 26.2 Å². The molecule has 0 saturated carbocycles. The highest BCUT2D eigenvalue weighted by Crippen LogP contribution is 2.34. The maximum Gasteiger partial charge on any atom is 0.235 e. The molecular formula is C31H32ClN9O3. The molecule has 3 amide bonds. The van der Waals surface area contributed by atoms with Crippen LogP contribution in [0.15, 0.2) is 42.6 Å². The van der Waals surface area contributed by atoms with Gasteiger partial charge in [-0.1, -0.05) is 18.5 Å². The molecule has 1 unspecified atom stereocenters. The van der Waals surface area contributed by atoms with Gasteiger partial charge in [0.15, 0.2) is 5.82 Å². The smallest absolute Gasteiger partial charge is 0.235 e. The molecule has 7 rings (SSSR count). The first-order valence-corrected chi connectivity index (χ1v) is 15.1. The second-order valence-electron chi connectivity index (χ2n) is 11.8. The second kappa shape index (κ2) is 11.1. The monoisotopic (exact) mass is 613 g/mol. The van der Waals surface area contributed by atoms with E-state index in [9.17, 15) is 14.4 Å². The molecule has 2 aromatic heterocycles. The van der Waals surface area contributed by atoms with E-state index in [4.69, 9.17) is 16.6 Å². The topological polar surface area (TPSA) is 146 Å². The Hall–Kier alpha value is -4.71. The van der Waals surface area contributed by atoms with Gasteiger partial charge in [-0.2, -0.15) is 10.1 Å². The van der Waals surface area contributed by atoms with E-state index < -0.39 is 5.92 Å². The molecule has 12 nitrogen and oxygen atoms in total. The van der Waals surface area contributed by atoms with Crippen molar-refractivity contribution in [3.8, 4) is 0 Å². The normalized spacial score (nSPS) is 21.7. The zero-order valence-electron chi connectivity index (χ0n) is 24.4. The van der Waals surface area contributed by atoms with Crippen molar-refractivity contribution < 1.29 is 14.4 Å². The van der Waals surface area contributed by atoms with Gasteiger partial charge in [0.1, 0.15) is 5.02 Å². The van der Waals surface area contributed by atoms with Gasteiger partial charge in [-0.25, -0.2) is 4.98 Å². The molecule has 3 atom stereocenters. The number of halogens is 1. The molecule has 13 heteroatoms. The van der Waals surface area contributed by atoms with Gasteiger partial charge in [-0.3, -0.25) is 24.4 Å². The molecule has 2 fully saturated rings. The number of benzene rings is 2. The molecule has 0 radical (unpaired) electrons. The molecule has 0 aliphatic carbocycles. The number of fused-ring (bicyclic) bond motifs is 2. The molecule has 5 heterocycles. The zero-order valence-corrected chi connectivity index (χ0v) is 25.1. The zero-order chi connectivity index (χ0) is 30.5. The summed E-state index contributed by atoms with van der Waals surface area (Å²) in [5.74, 6) is 0.466. The van der Waals surface area contributed by atoms with E-state index in [0.29, 0.717) is 47.7 Å². The Morgan fingerprint density at radius 3 is 2.68 bits per heavy atom. The van der Waals surface area contributed by atoms with Gasteiger partial charge in [0.25, 0.3) is 0 Å². The summed E-state index contributed by atoms with van der Waals surface area (Å²) in [7, 11) is 1.88. The van der Waals surface area contributed by atoms with Crippen molar-refractivity contribution in [1.29, 1.82) is 0 Å². The molecule has 226 valence electrons. The molecule has 2 saturated heterocycles. The van der Waals surface area contributed by atoms with Crippen LogP contribution in [0.2, 0.25) is 5.02 Å². The van der Waals surface area contributed by atoms with Crippen LogP contribution in [0.5, 0.6) is 0 Å². The minimum absolute atomic E-state index is 0.0111. The fourth-order valence-corrected chi connectivity index (χ4v) is 6.52. The number of piperidine rings is 2. The minimum Gasteiger partial charge on any atom is -0.382 e. The van der Waals surface area contributed by atoms with Crippen LogP contribution in [0.1, 0.15) is 43.4 Å². The van der Waals surface area contributed by atoms with Crippen LogP contribution in [0.25, 0.3) is 10.9 Å². The number of rotatable bonds is 6. The van der Waals surface area contributed by atoms with Crippen LogP contribution >= 0.6 is 11.6 Å². The average molecular weight is 614 g/mol. The maximum absolute atomic E-state index is 12.5. The number of nitrogens with one attached hydrogen (secondary N) is 4. The molecule has 3 aliphatic rings. The van der Waals surface area contributed by atoms with Gasteiger partial charge < -0.3 is 20.9 Å². The summed E-state index contributed by atoms with van der Waals surface area (Å²) in [5, 5.41) is 18.3. The first-order valence-electron chi connectivity index (χ1n) is 14.8. The number of anilines is 5. The molecular weight excluding hydrogens is 582 g/mol. The van der Waals surface area contributed by atoms with Gasteiger partial charge in [-0.05, 0) is 60.7 Å². The predicted octanol–water partition coefficient (Wildman–Crippen LogP) is 4.10. The summed E-state index contributed by atoms with van der Waals surface area (Å²) < 4.78 is 1.80. The van der Waals surface area contributed by atoms with E-state index in [0.717, 1.165) is 53.0 Å². The fraction of sp³-hybridized carbons (Fsp3) is 0.355. The first-order chi connectivity index (χ1) is 21.2. The van der Waals surface area contributed by atoms with Crippen molar-refractivity contribution in [3.63, 3.8) is 0 Å². The van der Waals surface area contributed by atoms with Crippen molar-refractivity contribution >= 4 is 69.1 Å². The summed E-state index contributed by atoms with van der Waals surface area (Å²) in [6, 6.07) is 12.0. The van der Waals surface area contributed by atoms with Gasteiger partial charge >= 0.3 is 0 Å². The first kappa shape index (κ1) is 28.1. The fourth-order valence-electron chi connectivity index (χ4n) is 6.38. The summed E-state index contributed by atoms with van der Waals surface area (Å²) in [4.78, 5) is 47.3. The molecule has 4 aromatic rings. The van der Waals surface area contributed by atoms with Crippen molar-refractivity contribution in [1.82, 2.24) is 25.1 Å².